The first-order valence-electron chi connectivity index (χ1n) is 8.18. The third-order valence-corrected chi connectivity index (χ3v) is 5.65. The summed E-state index contributed by atoms with van der Waals surface area (Å²) in [6.45, 7) is 5.35. The third kappa shape index (κ3) is 3.52. The van der Waals surface area contributed by atoms with Crippen molar-refractivity contribution >= 4 is 33.6 Å². The van der Waals surface area contributed by atoms with Gasteiger partial charge in [-0.05, 0) is 37.3 Å². The molecule has 7 nitrogen and oxygen atoms in total. The average Bonchev–Trinajstić information content (AvgIpc) is 3.06. The molecule has 0 bridgehead atoms. The van der Waals surface area contributed by atoms with Gasteiger partial charge in [0.15, 0.2) is 16.4 Å². The largest absolute Gasteiger partial charge is 0.370 e. The molecule has 138 valence electrons. The van der Waals surface area contributed by atoms with Crippen LogP contribution in [-0.2, 0) is 9.84 Å². The molecule has 27 heavy (non-hydrogen) atoms. The van der Waals surface area contributed by atoms with Crippen molar-refractivity contribution in [1.29, 1.82) is 0 Å². The molecular formula is C19H19N5O2S. The van der Waals surface area contributed by atoms with Gasteiger partial charge in [0.1, 0.15) is 0 Å². The Bertz CT molecular complexity index is 1150. The Kier molecular flexibility index (Phi) is 5.18. The molecule has 0 saturated carbocycles. The number of nitrogens with zero attached hydrogens (tertiary/aromatic N) is 4. The number of aryl methyl sites for hydroxylation is 1. The van der Waals surface area contributed by atoms with Gasteiger partial charge in [0.05, 0.1) is 10.6 Å². The highest BCUT2D eigenvalue weighted by molar-refractivity contribution is 7.91. The number of hydrogen-bond donors (Lipinski definition) is 1. The Morgan fingerprint density at radius 2 is 2.00 bits per heavy atom. The molecule has 8 heteroatoms. The number of sulfone groups is 1. The van der Waals surface area contributed by atoms with Gasteiger partial charge in [-0.1, -0.05) is 24.8 Å². The molecule has 0 aliphatic heterocycles. The quantitative estimate of drug-likeness (QED) is 0.663. The van der Waals surface area contributed by atoms with E-state index in [9.17, 15) is 8.42 Å². The minimum atomic E-state index is -3.80. The summed E-state index contributed by atoms with van der Waals surface area (Å²) in [6.07, 6.45) is 6.45. The van der Waals surface area contributed by atoms with E-state index in [-0.39, 0.29) is 21.3 Å². The summed E-state index contributed by atoms with van der Waals surface area (Å²) >= 11 is 0. The highest BCUT2D eigenvalue weighted by atomic mass is 32.2. The van der Waals surface area contributed by atoms with Crippen LogP contribution < -0.4 is 5.32 Å². The maximum atomic E-state index is 13.2. The molecule has 2 heterocycles. The van der Waals surface area contributed by atoms with E-state index in [1.54, 1.807) is 55.7 Å². The normalized spacial score (nSPS) is 12.2. The lowest BCUT2D eigenvalue weighted by Gasteiger charge is -2.05. The first-order chi connectivity index (χ1) is 13.0. The fourth-order valence-electron chi connectivity index (χ4n) is 2.63. The SMILES string of the molecule is C=CN=CC=Cc1cc(C)n2nc(NC)c(S(=O)(=O)c3ccccc3)c2n1. The van der Waals surface area contributed by atoms with E-state index < -0.39 is 9.84 Å². The van der Waals surface area contributed by atoms with Crippen LogP contribution in [0.1, 0.15) is 11.4 Å². The van der Waals surface area contributed by atoms with Gasteiger partial charge in [0.2, 0.25) is 9.84 Å². The molecule has 0 unspecified atom stereocenters. The average molecular weight is 381 g/mol. The summed E-state index contributed by atoms with van der Waals surface area (Å²) in [5.74, 6) is 0.254. The van der Waals surface area contributed by atoms with E-state index in [0.717, 1.165) is 5.69 Å². The molecule has 2 aromatic heterocycles. The lowest BCUT2D eigenvalue weighted by molar-refractivity contribution is 0.597. The lowest BCUT2D eigenvalue weighted by Crippen LogP contribution is -2.05. The van der Waals surface area contributed by atoms with Crippen LogP contribution in [0.2, 0.25) is 0 Å². The Labute approximate surface area is 157 Å². The lowest BCUT2D eigenvalue weighted by atomic mass is 10.3. The molecule has 0 spiro atoms. The number of allylic oxidation sites excluding steroid dienone is 1. The highest BCUT2D eigenvalue weighted by Crippen LogP contribution is 2.31. The molecule has 0 atom stereocenters. The van der Waals surface area contributed by atoms with Gasteiger partial charge >= 0.3 is 0 Å². The number of fused-ring (bicyclic) bond motifs is 1. The van der Waals surface area contributed by atoms with Crippen molar-refractivity contribution in [3.63, 3.8) is 0 Å². The minimum absolute atomic E-state index is 0.0503. The van der Waals surface area contributed by atoms with Crippen LogP contribution in [0.4, 0.5) is 5.82 Å². The van der Waals surface area contributed by atoms with Crippen molar-refractivity contribution in [3.8, 4) is 0 Å². The van der Waals surface area contributed by atoms with E-state index in [4.69, 9.17) is 0 Å². The molecule has 0 saturated heterocycles. The van der Waals surface area contributed by atoms with Crippen LogP contribution >= 0.6 is 0 Å². The summed E-state index contributed by atoms with van der Waals surface area (Å²) in [7, 11) is -2.17. The number of aromatic nitrogens is 3. The number of hydrogen-bond acceptors (Lipinski definition) is 6. The predicted octanol–water partition coefficient (Wildman–Crippen LogP) is 3.14. The summed E-state index contributed by atoms with van der Waals surface area (Å²) in [4.78, 5) is 8.63. The Balaban J connectivity index is 2.25. The van der Waals surface area contributed by atoms with Crippen LogP contribution in [0, 0.1) is 6.92 Å². The molecule has 1 aromatic carbocycles. The van der Waals surface area contributed by atoms with Crippen molar-refractivity contribution in [2.45, 2.75) is 16.7 Å². The van der Waals surface area contributed by atoms with Crippen LogP contribution in [0.15, 0.2) is 70.0 Å². The Hall–Kier alpha value is -3.26. The zero-order chi connectivity index (χ0) is 19.4. The summed E-state index contributed by atoms with van der Waals surface area (Å²) in [5.41, 5.74) is 1.62. The molecule has 3 aromatic rings. The zero-order valence-electron chi connectivity index (χ0n) is 15.0. The van der Waals surface area contributed by atoms with E-state index in [2.05, 4.69) is 27.0 Å². The topological polar surface area (TPSA) is 88.7 Å². The second-order valence-electron chi connectivity index (χ2n) is 5.64. The fraction of sp³-hybridized carbons (Fsp3) is 0.105. The summed E-state index contributed by atoms with van der Waals surface area (Å²) in [6, 6.07) is 10.1. The van der Waals surface area contributed by atoms with Gasteiger partial charge < -0.3 is 5.32 Å². The van der Waals surface area contributed by atoms with Gasteiger partial charge in [-0.15, -0.1) is 5.10 Å². The number of anilines is 1. The van der Waals surface area contributed by atoms with Crippen molar-refractivity contribution in [3.05, 3.63) is 66.6 Å². The molecule has 0 radical (unpaired) electrons. The predicted molar refractivity (Wildman–Crippen MR) is 107 cm³/mol. The van der Waals surface area contributed by atoms with Crippen LogP contribution in [0.25, 0.3) is 11.7 Å². The van der Waals surface area contributed by atoms with Gasteiger partial charge in [0.25, 0.3) is 0 Å². The fourth-order valence-corrected chi connectivity index (χ4v) is 4.16. The number of aliphatic imine (C=N–C) groups is 1. The van der Waals surface area contributed by atoms with E-state index in [1.807, 2.05) is 13.0 Å². The smallest absolute Gasteiger partial charge is 0.214 e. The van der Waals surface area contributed by atoms with Crippen LogP contribution in [0.3, 0.4) is 0 Å². The van der Waals surface area contributed by atoms with Gasteiger partial charge in [-0.25, -0.2) is 17.9 Å². The number of nitrogens with one attached hydrogen (secondary N) is 1. The zero-order valence-corrected chi connectivity index (χ0v) is 15.8. The van der Waals surface area contributed by atoms with Crippen molar-refractivity contribution in [1.82, 2.24) is 14.6 Å². The standard InChI is InChI=1S/C19H19N5O2S/c1-4-21-12-8-9-15-13-14(2)24-19(22-15)17(18(20-3)23-24)27(25,26)16-10-6-5-7-11-16/h4-13H,1H2,2-3H3,(H,20,23). The maximum Gasteiger partial charge on any atom is 0.214 e. The first kappa shape index (κ1) is 18.5. The van der Waals surface area contributed by atoms with Gasteiger partial charge in [0, 0.05) is 25.2 Å². The molecule has 0 aliphatic rings. The monoisotopic (exact) mass is 381 g/mol. The van der Waals surface area contributed by atoms with E-state index >= 15 is 0 Å². The molecule has 1 N–H and O–H groups in total. The van der Waals surface area contributed by atoms with Crippen molar-refractivity contribution in [2.24, 2.45) is 4.99 Å². The molecule has 3 rings (SSSR count). The second kappa shape index (κ2) is 7.55. The third-order valence-electron chi connectivity index (χ3n) is 3.85. The molecule has 0 fully saturated rings. The van der Waals surface area contributed by atoms with Crippen molar-refractivity contribution < 1.29 is 8.42 Å². The first-order valence-corrected chi connectivity index (χ1v) is 9.66. The maximum absolute atomic E-state index is 13.2. The van der Waals surface area contributed by atoms with Crippen molar-refractivity contribution in [2.75, 3.05) is 12.4 Å². The Morgan fingerprint density at radius 1 is 1.26 bits per heavy atom. The van der Waals surface area contributed by atoms with Crippen LogP contribution in [-0.4, -0.2) is 36.3 Å². The minimum Gasteiger partial charge on any atom is -0.370 e. The highest BCUT2D eigenvalue weighted by Gasteiger charge is 2.28. The molecular weight excluding hydrogens is 362 g/mol. The van der Waals surface area contributed by atoms with Gasteiger partial charge in [-0.2, -0.15) is 0 Å². The van der Waals surface area contributed by atoms with Gasteiger partial charge in [-0.3, -0.25) is 4.99 Å². The summed E-state index contributed by atoms with van der Waals surface area (Å²) in [5, 5.41) is 7.24. The summed E-state index contributed by atoms with van der Waals surface area (Å²) < 4.78 is 28.0. The van der Waals surface area contributed by atoms with Crippen LogP contribution in [0.5, 0.6) is 0 Å². The number of rotatable bonds is 6. The molecule has 0 amide bonds. The van der Waals surface area contributed by atoms with E-state index in [0.29, 0.717) is 5.69 Å². The second-order valence-corrected chi connectivity index (χ2v) is 7.53. The molecule has 0 aliphatic carbocycles. The number of benzene rings is 1. The Morgan fingerprint density at radius 3 is 2.67 bits per heavy atom. The van der Waals surface area contributed by atoms with E-state index in [1.165, 1.54) is 10.7 Å².